The fraction of sp³-hybridized carbons (Fsp3) is 0.625. The second-order valence-corrected chi connectivity index (χ2v) is 11.1. The SMILES string of the molecule is C/C(=C\CC/C(C)=C/CC[C@]1(C)CCc2c(C)c(C)c(C)c(C)c2O1)CCC=C1CCCC1. The molecule has 182 valence electrons. The second kappa shape index (κ2) is 11.6. The van der Waals surface area contributed by atoms with Crippen LogP contribution in [0, 0.1) is 27.7 Å². The molecule has 1 fully saturated rings. The zero-order valence-corrected chi connectivity index (χ0v) is 22.6. The summed E-state index contributed by atoms with van der Waals surface area (Å²) in [6.07, 6.45) is 22.2. The minimum absolute atomic E-state index is 0.0486. The highest BCUT2D eigenvalue weighted by molar-refractivity contribution is 5.55. The smallest absolute Gasteiger partial charge is 0.126 e. The van der Waals surface area contributed by atoms with Crippen LogP contribution in [0.1, 0.15) is 119 Å². The van der Waals surface area contributed by atoms with E-state index in [-0.39, 0.29) is 5.60 Å². The number of rotatable bonds is 9. The molecular formula is C32H48O. The van der Waals surface area contributed by atoms with Crippen LogP contribution in [0.3, 0.4) is 0 Å². The van der Waals surface area contributed by atoms with Crippen LogP contribution in [-0.2, 0) is 6.42 Å². The maximum atomic E-state index is 6.69. The van der Waals surface area contributed by atoms with E-state index in [1.807, 2.05) is 0 Å². The first-order chi connectivity index (χ1) is 15.7. The second-order valence-electron chi connectivity index (χ2n) is 11.1. The van der Waals surface area contributed by atoms with Gasteiger partial charge in [-0.3, -0.25) is 0 Å². The number of allylic oxidation sites excluding steroid dienone is 6. The highest BCUT2D eigenvalue weighted by Gasteiger charge is 2.33. The lowest BCUT2D eigenvalue weighted by atomic mass is 9.83. The van der Waals surface area contributed by atoms with E-state index < -0.39 is 0 Å². The van der Waals surface area contributed by atoms with Gasteiger partial charge in [-0.2, -0.15) is 0 Å². The molecule has 0 N–H and O–H groups in total. The van der Waals surface area contributed by atoms with E-state index in [1.165, 1.54) is 90.5 Å². The lowest BCUT2D eigenvalue weighted by molar-refractivity contribution is 0.0560. The number of hydrogen-bond donors (Lipinski definition) is 0. The maximum Gasteiger partial charge on any atom is 0.126 e. The highest BCUT2D eigenvalue weighted by Crippen LogP contribution is 2.42. The predicted octanol–water partition coefficient (Wildman–Crippen LogP) is 9.74. The molecule has 2 aliphatic rings. The van der Waals surface area contributed by atoms with E-state index in [4.69, 9.17) is 4.74 Å². The Labute approximate surface area is 204 Å². The highest BCUT2D eigenvalue weighted by atomic mass is 16.5. The van der Waals surface area contributed by atoms with Gasteiger partial charge in [0.05, 0.1) is 0 Å². The largest absolute Gasteiger partial charge is 0.487 e. The van der Waals surface area contributed by atoms with E-state index >= 15 is 0 Å². The fourth-order valence-electron chi connectivity index (χ4n) is 5.57. The number of benzene rings is 1. The van der Waals surface area contributed by atoms with Gasteiger partial charge >= 0.3 is 0 Å². The molecule has 1 aromatic carbocycles. The summed E-state index contributed by atoms with van der Waals surface area (Å²) in [5.74, 6) is 1.18. The van der Waals surface area contributed by atoms with Gasteiger partial charge in [0.25, 0.3) is 0 Å². The van der Waals surface area contributed by atoms with E-state index in [0.717, 1.165) is 25.7 Å². The molecule has 33 heavy (non-hydrogen) atoms. The monoisotopic (exact) mass is 448 g/mol. The van der Waals surface area contributed by atoms with Gasteiger partial charge < -0.3 is 4.74 Å². The van der Waals surface area contributed by atoms with Crippen molar-refractivity contribution in [2.24, 2.45) is 0 Å². The van der Waals surface area contributed by atoms with Gasteiger partial charge in [-0.1, -0.05) is 34.9 Å². The lowest BCUT2D eigenvalue weighted by Gasteiger charge is -2.38. The van der Waals surface area contributed by atoms with Crippen LogP contribution in [0.4, 0.5) is 0 Å². The van der Waals surface area contributed by atoms with Gasteiger partial charge in [-0.25, -0.2) is 0 Å². The minimum atomic E-state index is -0.0486. The van der Waals surface area contributed by atoms with Gasteiger partial charge in [0.2, 0.25) is 0 Å². The molecular weight excluding hydrogens is 400 g/mol. The molecule has 1 aliphatic heterocycles. The lowest BCUT2D eigenvalue weighted by Crippen LogP contribution is -2.37. The first kappa shape index (κ1) is 25.9. The quantitative estimate of drug-likeness (QED) is 0.342. The molecule has 1 atom stereocenters. The van der Waals surface area contributed by atoms with Crippen molar-refractivity contribution in [3.8, 4) is 5.75 Å². The number of hydrogen-bond acceptors (Lipinski definition) is 1. The molecule has 1 aromatic rings. The molecule has 0 radical (unpaired) electrons. The Kier molecular flexibility index (Phi) is 9.08. The summed E-state index contributed by atoms with van der Waals surface area (Å²) in [7, 11) is 0. The summed E-state index contributed by atoms with van der Waals surface area (Å²) >= 11 is 0. The first-order valence-corrected chi connectivity index (χ1v) is 13.5. The van der Waals surface area contributed by atoms with E-state index in [1.54, 1.807) is 11.1 Å². The molecule has 0 aromatic heterocycles. The van der Waals surface area contributed by atoms with Gasteiger partial charge in [-0.15, -0.1) is 0 Å². The van der Waals surface area contributed by atoms with Gasteiger partial charge in [0, 0.05) is 0 Å². The molecule has 1 aliphatic carbocycles. The summed E-state index contributed by atoms with van der Waals surface area (Å²) in [4.78, 5) is 0. The van der Waals surface area contributed by atoms with Gasteiger partial charge in [0.15, 0.2) is 0 Å². The fourth-order valence-corrected chi connectivity index (χ4v) is 5.57. The molecule has 1 saturated carbocycles. The average Bonchev–Trinajstić information content (AvgIpc) is 3.29. The number of fused-ring (bicyclic) bond motifs is 1. The molecule has 3 rings (SSSR count). The normalized spacial score (nSPS) is 21.2. The number of ether oxygens (including phenoxy) is 1. The van der Waals surface area contributed by atoms with Crippen molar-refractivity contribution in [2.45, 2.75) is 131 Å². The van der Waals surface area contributed by atoms with Crippen molar-refractivity contribution in [3.63, 3.8) is 0 Å². The van der Waals surface area contributed by atoms with Crippen molar-refractivity contribution in [2.75, 3.05) is 0 Å². The molecule has 0 unspecified atom stereocenters. The van der Waals surface area contributed by atoms with Crippen LogP contribution < -0.4 is 4.74 Å². The third-order valence-corrected chi connectivity index (χ3v) is 8.42. The summed E-state index contributed by atoms with van der Waals surface area (Å²) < 4.78 is 6.69. The molecule has 0 bridgehead atoms. The standard InChI is InChI=1S/C32H48O/c1-23(15-11-19-29-17-8-9-18-29)13-10-14-24(2)16-12-21-32(7)22-20-30-27(5)25(3)26(4)28(6)31(30)33-32/h13,16,19H,8-12,14-15,17-18,20-22H2,1-7H3/b23-13+,24-16+/t32-/m1/s1. The minimum Gasteiger partial charge on any atom is -0.487 e. The predicted molar refractivity (Wildman–Crippen MR) is 145 cm³/mol. The van der Waals surface area contributed by atoms with Crippen molar-refractivity contribution < 1.29 is 4.74 Å². The Hall–Kier alpha value is -1.76. The summed E-state index contributed by atoms with van der Waals surface area (Å²) in [5.41, 5.74) is 11.8. The Morgan fingerprint density at radius 2 is 1.39 bits per heavy atom. The van der Waals surface area contributed by atoms with Crippen molar-refractivity contribution in [1.82, 2.24) is 0 Å². The molecule has 0 amide bonds. The topological polar surface area (TPSA) is 9.23 Å². The van der Waals surface area contributed by atoms with Crippen molar-refractivity contribution in [1.29, 1.82) is 0 Å². The van der Waals surface area contributed by atoms with E-state index in [2.05, 4.69) is 66.7 Å². The molecule has 1 heterocycles. The molecule has 0 saturated heterocycles. The van der Waals surface area contributed by atoms with Crippen molar-refractivity contribution >= 4 is 0 Å². The van der Waals surface area contributed by atoms with Crippen LogP contribution in [0.15, 0.2) is 34.9 Å². The Balaban J connectivity index is 1.45. The van der Waals surface area contributed by atoms with Gasteiger partial charge in [-0.05, 0) is 153 Å². The van der Waals surface area contributed by atoms with Gasteiger partial charge in [0.1, 0.15) is 11.4 Å². The Morgan fingerprint density at radius 1 is 0.788 bits per heavy atom. The zero-order chi connectivity index (χ0) is 24.0. The zero-order valence-electron chi connectivity index (χ0n) is 22.6. The molecule has 1 nitrogen and oxygen atoms in total. The average molecular weight is 449 g/mol. The third kappa shape index (κ3) is 6.87. The molecule has 0 spiro atoms. The Bertz CT molecular complexity index is 919. The van der Waals surface area contributed by atoms with Crippen LogP contribution in [0.2, 0.25) is 0 Å². The van der Waals surface area contributed by atoms with E-state index in [0.29, 0.717) is 0 Å². The van der Waals surface area contributed by atoms with Crippen LogP contribution in [0.5, 0.6) is 5.75 Å². The summed E-state index contributed by atoms with van der Waals surface area (Å²) in [5, 5.41) is 0. The van der Waals surface area contributed by atoms with Crippen LogP contribution >= 0.6 is 0 Å². The maximum absolute atomic E-state index is 6.69. The van der Waals surface area contributed by atoms with Crippen LogP contribution in [0.25, 0.3) is 0 Å². The van der Waals surface area contributed by atoms with E-state index in [9.17, 15) is 0 Å². The molecule has 1 heteroatoms. The third-order valence-electron chi connectivity index (χ3n) is 8.42. The van der Waals surface area contributed by atoms with Crippen molar-refractivity contribution in [3.05, 3.63) is 62.8 Å². The Morgan fingerprint density at radius 3 is 2.09 bits per heavy atom. The van der Waals surface area contributed by atoms with Crippen LogP contribution in [-0.4, -0.2) is 5.60 Å². The first-order valence-electron chi connectivity index (χ1n) is 13.5. The summed E-state index contributed by atoms with van der Waals surface area (Å²) in [6.45, 7) is 15.9. The summed E-state index contributed by atoms with van der Waals surface area (Å²) in [6, 6.07) is 0.